The van der Waals surface area contributed by atoms with Gasteiger partial charge in [0.15, 0.2) is 0 Å². The van der Waals surface area contributed by atoms with Crippen LogP contribution in [0.2, 0.25) is 0 Å². The van der Waals surface area contributed by atoms with Gasteiger partial charge in [-0.3, -0.25) is 4.79 Å². The fourth-order valence-electron chi connectivity index (χ4n) is 1.83. The van der Waals surface area contributed by atoms with Gasteiger partial charge in [-0.25, -0.2) is 4.39 Å². The number of carboxylic acid groups (broad SMARTS) is 1. The van der Waals surface area contributed by atoms with Crippen LogP contribution in [-0.2, 0) is 4.79 Å². The minimum absolute atomic E-state index is 0.267. The quantitative estimate of drug-likeness (QED) is 0.652. The second-order valence-corrected chi connectivity index (χ2v) is 4.57. The highest BCUT2D eigenvalue weighted by Gasteiger charge is 1.98. The van der Waals surface area contributed by atoms with Gasteiger partial charge < -0.3 is 9.84 Å². The standard InChI is InChI=1S/C15H21FO3/c16-13-8-7-9-14(12-13)19-11-6-4-2-1-3-5-10-15(17)18/h7-9,12H,1-6,10-11H2,(H,17,18). The lowest BCUT2D eigenvalue weighted by molar-refractivity contribution is -0.137. The Morgan fingerprint density at radius 2 is 1.79 bits per heavy atom. The van der Waals surface area contributed by atoms with Crippen LogP contribution in [0.1, 0.15) is 44.9 Å². The van der Waals surface area contributed by atoms with Crippen LogP contribution in [0.3, 0.4) is 0 Å². The molecule has 0 saturated heterocycles. The number of halogens is 1. The molecule has 3 nitrogen and oxygen atoms in total. The van der Waals surface area contributed by atoms with Crippen molar-refractivity contribution in [3.05, 3.63) is 30.1 Å². The molecule has 1 rings (SSSR count). The van der Waals surface area contributed by atoms with Gasteiger partial charge in [-0.15, -0.1) is 0 Å². The van der Waals surface area contributed by atoms with E-state index in [1.807, 2.05) is 0 Å². The first-order valence-corrected chi connectivity index (χ1v) is 6.78. The maximum Gasteiger partial charge on any atom is 0.303 e. The Morgan fingerprint density at radius 3 is 2.47 bits per heavy atom. The summed E-state index contributed by atoms with van der Waals surface area (Å²) in [4.78, 5) is 10.3. The van der Waals surface area contributed by atoms with E-state index >= 15 is 0 Å². The zero-order valence-electron chi connectivity index (χ0n) is 11.1. The molecule has 0 bridgehead atoms. The fraction of sp³-hybridized carbons (Fsp3) is 0.533. The number of ether oxygens (including phenoxy) is 1. The Balaban J connectivity index is 1.93. The van der Waals surface area contributed by atoms with E-state index in [1.54, 1.807) is 12.1 Å². The zero-order valence-corrected chi connectivity index (χ0v) is 11.1. The van der Waals surface area contributed by atoms with Crippen LogP contribution >= 0.6 is 0 Å². The second-order valence-electron chi connectivity index (χ2n) is 4.57. The highest BCUT2D eigenvalue weighted by atomic mass is 19.1. The summed E-state index contributed by atoms with van der Waals surface area (Å²) >= 11 is 0. The van der Waals surface area contributed by atoms with Gasteiger partial charge >= 0.3 is 5.97 Å². The van der Waals surface area contributed by atoms with E-state index in [0.29, 0.717) is 12.4 Å². The Morgan fingerprint density at radius 1 is 1.11 bits per heavy atom. The third-order valence-electron chi connectivity index (χ3n) is 2.85. The predicted molar refractivity (Wildman–Crippen MR) is 71.8 cm³/mol. The van der Waals surface area contributed by atoms with Crippen LogP contribution in [0.4, 0.5) is 4.39 Å². The lowest BCUT2D eigenvalue weighted by atomic mass is 10.1. The normalized spacial score (nSPS) is 10.4. The Labute approximate surface area is 113 Å². The summed E-state index contributed by atoms with van der Waals surface area (Å²) in [5, 5.41) is 8.47. The first-order chi connectivity index (χ1) is 9.18. The number of carbonyl (C=O) groups is 1. The minimum Gasteiger partial charge on any atom is -0.493 e. The maximum absolute atomic E-state index is 12.9. The first-order valence-electron chi connectivity index (χ1n) is 6.78. The third kappa shape index (κ3) is 8.19. The molecule has 0 aromatic heterocycles. The van der Waals surface area contributed by atoms with Gasteiger partial charge in [0.2, 0.25) is 0 Å². The van der Waals surface area contributed by atoms with Gasteiger partial charge in [-0.1, -0.05) is 31.7 Å². The highest BCUT2D eigenvalue weighted by molar-refractivity contribution is 5.66. The molecular formula is C15H21FO3. The molecule has 0 aliphatic carbocycles. The lowest BCUT2D eigenvalue weighted by Gasteiger charge is -2.06. The summed E-state index contributed by atoms with van der Waals surface area (Å²) in [6.45, 7) is 0.596. The lowest BCUT2D eigenvalue weighted by Crippen LogP contribution is -1.97. The largest absolute Gasteiger partial charge is 0.493 e. The number of aliphatic carboxylic acids is 1. The topological polar surface area (TPSA) is 46.5 Å². The van der Waals surface area contributed by atoms with E-state index in [2.05, 4.69) is 0 Å². The molecule has 0 spiro atoms. The van der Waals surface area contributed by atoms with Gasteiger partial charge in [0.25, 0.3) is 0 Å². The van der Waals surface area contributed by atoms with Crippen LogP contribution in [-0.4, -0.2) is 17.7 Å². The predicted octanol–water partition coefficient (Wildman–Crippen LogP) is 4.02. The number of unbranched alkanes of at least 4 members (excludes halogenated alkanes) is 5. The number of hydrogen-bond acceptors (Lipinski definition) is 2. The summed E-state index contributed by atoms with van der Waals surface area (Å²) in [7, 11) is 0. The number of hydrogen-bond donors (Lipinski definition) is 1. The molecule has 0 atom stereocenters. The molecule has 0 radical (unpaired) electrons. The van der Waals surface area contributed by atoms with E-state index in [4.69, 9.17) is 9.84 Å². The molecular weight excluding hydrogens is 247 g/mol. The van der Waals surface area contributed by atoms with Gasteiger partial charge in [-0.05, 0) is 25.0 Å². The van der Waals surface area contributed by atoms with Crippen molar-refractivity contribution >= 4 is 5.97 Å². The van der Waals surface area contributed by atoms with Crippen LogP contribution in [0, 0.1) is 5.82 Å². The molecule has 1 N–H and O–H groups in total. The van der Waals surface area contributed by atoms with Crippen molar-refractivity contribution < 1.29 is 19.0 Å². The van der Waals surface area contributed by atoms with Crippen LogP contribution in [0.15, 0.2) is 24.3 Å². The number of benzene rings is 1. The minimum atomic E-state index is -0.719. The molecule has 0 amide bonds. The van der Waals surface area contributed by atoms with Crippen molar-refractivity contribution in [3.63, 3.8) is 0 Å². The SMILES string of the molecule is O=C(O)CCCCCCCCOc1cccc(F)c1. The maximum atomic E-state index is 12.9. The van der Waals surface area contributed by atoms with Gasteiger partial charge in [-0.2, -0.15) is 0 Å². The van der Waals surface area contributed by atoms with E-state index < -0.39 is 5.97 Å². The molecule has 0 aliphatic heterocycles. The van der Waals surface area contributed by atoms with E-state index in [-0.39, 0.29) is 12.2 Å². The summed E-state index contributed by atoms with van der Waals surface area (Å²) in [5.74, 6) is -0.430. The fourth-order valence-corrected chi connectivity index (χ4v) is 1.83. The van der Waals surface area contributed by atoms with Crippen molar-refractivity contribution in [2.45, 2.75) is 44.9 Å². The summed E-state index contributed by atoms with van der Waals surface area (Å²) < 4.78 is 18.3. The first kappa shape index (κ1) is 15.5. The monoisotopic (exact) mass is 268 g/mol. The van der Waals surface area contributed by atoms with Crippen LogP contribution < -0.4 is 4.74 Å². The summed E-state index contributed by atoms with van der Waals surface area (Å²) in [5.41, 5.74) is 0. The molecule has 0 heterocycles. The molecule has 106 valence electrons. The Kier molecular flexibility index (Phi) is 7.63. The van der Waals surface area contributed by atoms with Gasteiger partial charge in [0, 0.05) is 12.5 Å². The second kappa shape index (κ2) is 9.36. The Hall–Kier alpha value is -1.58. The third-order valence-corrected chi connectivity index (χ3v) is 2.85. The molecule has 19 heavy (non-hydrogen) atoms. The van der Waals surface area contributed by atoms with Gasteiger partial charge in [0.05, 0.1) is 6.61 Å². The molecule has 1 aromatic rings. The smallest absolute Gasteiger partial charge is 0.303 e. The number of rotatable bonds is 10. The highest BCUT2D eigenvalue weighted by Crippen LogP contribution is 2.13. The van der Waals surface area contributed by atoms with Crippen molar-refractivity contribution in [2.24, 2.45) is 0 Å². The zero-order chi connectivity index (χ0) is 13.9. The summed E-state index contributed by atoms with van der Waals surface area (Å²) in [6, 6.07) is 6.15. The van der Waals surface area contributed by atoms with E-state index in [9.17, 15) is 9.18 Å². The molecule has 0 aliphatic rings. The van der Waals surface area contributed by atoms with E-state index in [0.717, 1.165) is 38.5 Å². The molecule has 1 aromatic carbocycles. The average Bonchev–Trinajstić information content (AvgIpc) is 2.36. The summed E-state index contributed by atoms with van der Waals surface area (Å²) in [6.07, 6.45) is 6.14. The van der Waals surface area contributed by atoms with Gasteiger partial charge in [0.1, 0.15) is 11.6 Å². The number of carboxylic acids is 1. The van der Waals surface area contributed by atoms with Crippen molar-refractivity contribution in [2.75, 3.05) is 6.61 Å². The van der Waals surface area contributed by atoms with Crippen LogP contribution in [0.5, 0.6) is 5.75 Å². The molecule has 0 unspecified atom stereocenters. The Bertz CT molecular complexity index is 379. The molecule has 0 fully saturated rings. The van der Waals surface area contributed by atoms with Crippen LogP contribution in [0.25, 0.3) is 0 Å². The van der Waals surface area contributed by atoms with Crippen molar-refractivity contribution in [3.8, 4) is 5.75 Å². The van der Waals surface area contributed by atoms with Crippen molar-refractivity contribution in [1.82, 2.24) is 0 Å². The van der Waals surface area contributed by atoms with Crippen molar-refractivity contribution in [1.29, 1.82) is 0 Å². The van der Waals surface area contributed by atoms with E-state index in [1.165, 1.54) is 12.1 Å². The molecule has 4 heteroatoms. The average molecular weight is 268 g/mol. The molecule has 0 saturated carbocycles.